The Kier molecular flexibility index (Phi) is 26.9. The van der Waals surface area contributed by atoms with E-state index in [2.05, 4.69) is 32.1 Å². The second kappa shape index (κ2) is 27.7. The van der Waals surface area contributed by atoms with Crippen LogP contribution in [0.3, 0.4) is 0 Å². The van der Waals surface area contributed by atoms with Gasteiger partial charge in [-0.15, -0.1) is 42.0 Å². The Balaban J connectivity index is 0. The molecule has 4 aromatic heterocycles. The van der Waals surface area contributed by atoms with Crippen LogP contribution < -0.4 is 0 Å². The maximum atomic E-state index is 13.2. The van der Waals surface area contributed by atoms with E-state index in [1.807, 2.05) is 42.5 Å². The Hall–Kier alpha value is -3.42. The zero-order valence-electron chi connectivity index (χ0n) is 24.1. The summed E-state index contributed by atoms with van der Waals surface area (Å²) in [7, 11) is 0. The molecule has 0 aliphatic rings. The summed E-state index contributed by atoms with van der Waals surface area (Å²) in [5.74, 6) is -1.56. The van der Waals surface area contributed by atoms with E-state index in [9.17, 15) is 17.6 Å². The molecular weight excluding hydrogens is 1010 g/mol. The van der Waals surface area contributed by atoms with Gasteiger partial charge in [-0.3, -0.25) is 27.5 Å². The molecular formula is C35H30F4N4Pt2S2. The van der Waals surface area contributed by atoms with E-state index in [1.54, 1.807) is 61.2 Å². The van der Waals surface area contributed by atoms with Crippen LogP contribution in [0.15, 0.2) is 138 Å². The molecule has 4 heterocycles. The number of halogens is 4. The van der Waals surface area contributed by atoms with E-state index in [1.165, 1.54) is 19.1 Å². The summed E-state index contributed by atoms with van der Waals surface area (Å²) in [6.07, 6.45) is 6.61. The van der Waals surface area contributed by atoms with Gasteiger partial charge in [-0.05, 0) is 42.6 Å². The van der Waals surface area contributed by atoms with Gasteiger partial charge >= 0.3 is 42.1 Å². The summed E-state index contributed by atoms with van der Waals surface area (Å²) in [6.45, 7) is 1.21. The van der Waals surface area contributed by atoms with Crippen molar-refractivity contribution < 1.29 is 59.7 Å². The van der Waals surface area contributed by atoms with Gasteiger partial charge in [-0.25, -0.2) is 0 Å². The van der Waals surface area contributed by atoms with E-state index in [0.717, 1.165) is 23.4 Å². The molecule has 0 aliphatic heterocycles. The van der Waals surface area contributed by atoms with Crippen LogP contribution in [-0.2, 0) is 67.4 Å². The van der Waals surface area contributed by atoms with Gasteiger partial charge in [-0.1, -0.05) is 77.6 Å². The minimum Gasteiger partial charge on any atom is -0.760 e. The van der Waals surface area contributed by atoms with Crippen molar-refractivity contribution in [3.05, 3.63) is 158 Å². The quantitative estimate of drug-likeness (QED) is 0.0982. The third-order valence-electron chi connectivity index (χ3n) is 4.77. The summed E-state index contributed by atoms with van der Waals surface area (Å²) in [6, 6.07) is 33.3. The molecule has 4 nitrogen and oxygen atoms in total. The van der Waals surface area contributed by atoms with Crippen LogP contribution in [0.5, 0.6) is 0 Å². The molecule has 47 heavy (non-hydrogen) atoms. The number of aromatic nitrogens is 4. The number of pyridine rings is 4. The number of rotatable bonds is 2. The average Bonchev–Trinajstić information content (AvgIpc) is 3.04. The molecule has 0 amide bonds. The fourth-order valence-corrected chi connectivity index (χ4v) is 3.21. The number of hydrogen-bond donors (Lipinski definition) is 0. The first-order valence-electron chi connectivity index (χ1n) is 12.9. The van der Waals surface area contributed by atoms with Crippen LogP contribution >= 0.6 is 0 Å². The van der Waals surface area contributed by atoms with Gasteiger partial charge in [0.1, 0.15) is 0 Å². The summed E-state index contributed by atoms with van der Waals surface area (Å²) >= 11 is 9.40. The molecule has 0 N–H and O–H groups in total. The van der Waals surface area contributed by atoms with E-state index >= 15 is 0 Å². The van der Waals surface area contributed by atoms with Gasteiger partial charge < -0.3 is 35.2 Å². The fraction of sp³-hybridized carbons (Fsp3) is 0.0857. The molecule has 0 saturated carbocycles. The van der Waals surface area contributed by atoms with Crippen LogP contribution in [0.4, 0.5) is 17.6 Å². The summed E-state index contributed by atoms with van der Waals surface area (Å²) in [4.78, 5) is 15.7. The molecule has 0 unspecified atom stereocenters. The van der Waals surface area contributed by atoms with Crippen molar-refractivity contribution in [2.75, 3.05) is 6.67 Å². The van der Waals surface area contributed by atoms with E-state index < -0.39 is 11.6 Å². The fourth-order valence-electron chi connectivity index (χ4n) is 2.93. The number of benzene rings is 2. The Labute approximate surface area is 313 Å². The average molecular weight is 1040 g/mol. The van der Waals surface area contributed by atoms with Crippen molar-refractivity contribution in [2.24, 2.45) is 0 Å². The van der Waals surface area contributed by atoms with E-state index in [4.69, 9.17) is 25.3 Å². The third kappa shape index (κ3) is 19.8. The molecule has 0 atom stereocenters. The van der Waals surface area contributed by atoms with Crippen molar-refractivity contribution in [3.8, 4) is 22.5 Å². The maximum Gasteiger partial charge on any atom is 2.00 e. The smallest absolute Gasteiger partial charge is 0.760 e. The van der Waals surface area contributed by atoms with Gasteiger partial charge in [0.2, 0.25) is 0 Å². The molecule has 0 radical (unpaired) electrons. The maximum absolute atomic E-state index is 13.2. The first-order valence-corrected chi connectivity index (χ1v) is 13.7. The van der Waals surface area contributed by atoms with Crippen LogP contribution in [0.2, 0.25) is 0 Å². The number of nitrogens with zero attached hydrogens (tertiary/aromatic N) is 4. The van der Waals surface area contributed by atoms with Crippen molar-refractivity contribution in [1.29, 1.82) is 0 Å². The van der Waals surface area contributed by atoms with Crippen molar-refractivity contribution >= 4 is 25.3 Å². The van der Waals surface area contributed by atoms with Crippen LogP contribution in [-0.4, -0.2) is 26.6 Å². The molecule has 250 valence electrons. The van der Waals surface area contributed by atoms with Crippen molar-refractivity contribution in [1.82, 2.24) is 19.9 Å². The molecule has 0 fully saturated rings. The normalized spacial score (nSPS) is 8.70. The zero-order valence-corrected chi connectivity index (χ0v) is 30.3. The largest absolute Gasteiger partial charge is 2.00 e. The molecule has 0 spiro atoms. The molecule has 6 rings (SSSR count). The Morgan fingerprint density at radius 2 is 1.04 bits per heavy atom. The summed E-state index contributed by atoms with van der Waals surface area (Å²) in [5.41, 5.74) is 2.25. The SMILES string of the molecule is C.CCF.Fc1c[c-]c(-c2ccccn2)c(F)c1.Fc1c[c-]c(-c2ccccn2)cc1.[Pt+2].[Pt+2].[S-]c1ccccn1.[S-]c1ccccn1. The third-order valence-corrected chi connectivity index (χ3v) is 5.25. The van der Waals surface area contributed by atoms with Gasteiger partial charge in [-0.2, -0.15) is 0 Å². The Bertz CT molecular complexity index is 1560. The molecule has 0 aliphatic carbocycles. The van der Waals surface area contributed by atoms with Gasteiger partial charge in [0.05, 0.1) is 6.67 Å². The standard InChI is InChI=1S/C11H6F2N.C11H7FN.2C5H5NS.C2H5F.CH4.2Pt/c12-8-4-5-9(10(13)7-8)11-3-1-2-6-14-11;12-10-6-4-9(5-7-10)11-3-1-2-8-13-11;2*7-5-3-1-2-4-6-5;1-2-3;;;/h1-4,6-7H;1-4,6-8H;2*1-4H,(H,6,7);2H2,1H3;1H4;;/q2*-1;;;;;2*+2/p-2. The Morgan fingerprint density at radius 1 is 0.596 bits per heavy atom. The second-order valence-corrected chi connectivity index (χ2v) is 8.83. The minimum absolute atomic E-state index is 0. The topological polar surface area (TPSA) is 51.6 Å². The molecule has 0 bridgehead atoms. The van der Waals surface area contributed by atoms with E-state index in [0.29, 0.717) is 15.7 Å². The van der Waals surface area contributed by atoms with Gasteiger partial charge in [0.25, 0.3) is 0 Å². The van der Waals surface area contributed by atoms with Crippen LogP contribution in [0, 0.1) is 29.6 Å². The number of hydrogen-bond acceptors (Lipinski definition) is 6. The monoisotopic (exact) mass is 1040 g/mol. The summed E-state index contributed by atoms with van der Waals surface area (Å²) in [5, 5.41) is 1.31. The first-order chi connectivity index (χ1) is 21.3. The van der Waals surface area contributed by atoms with Crippen molar-refractivity contribution in [2.45, 2.75) is 24.4 Å². The summed E-state index contributed by atoms with van der Waals surface area (Å²) < 4.78 is 48.6. The van der Waals surface area contributed by atoms with Crippen LogP contribution in [0.25, 0.3) is 22.5 Å². The molecule has 2 aromatic carbocycles. The van der Waals surface area contributed by atoms with Gasteiger partial charge in [0.15, 0.2) is 0 Å². The second-order valence-electron chi connectivity index (χ2n) is 7.99. The molecule has 12 heteroatoms. The number of alkyl halides is 1. The molecule has 6 aromatic rings. The zero-order chi connectivity index (χ0) is 32.0. The predicted octanol–water partition coefficient (Wildman–Crippen LogP) is 9.10. The van der Waals surface area contributed by atoms with Gasteiger partial charge in [0, 0.05) is 42.2 Å². The van der Waals surface area contributed by atoms with Crippen LogP contribution in [0.1, 0.15) is 14.4 Å². The van der Waals surface area contributed by atoms with E-state index in [-0.39, 0.29) is 67.6 Å². The Morgan fingerprint density at radius 3 is 1.38 bits per heavy atom. The molecule has 0 saturated heterocycles. The minimum atomic E-state index is -0.649. The predicted molar refractivity (Wildman–Crippen MR) is 175 cm³/mol. The first kappa shape index (κ1) is 45.7. The van der Waals surface area contributed by atoms with Crippen molar-refractivity contribution in [3.63, 3.8) is 0 Å².